The van der Waals surface area contributed by atoms with Gasteiger partial charge in [0.2, 0.25) is 0 Å². The maximum Gasteiger partial charge on any atom is 0.586 e. The number of benzene rings is 2. The molecule has 10 nitrogen and oxygen atoms in total. The number of hydrogen-bond acceptors (Lipinski definition) is 8. The van der Waals surface area contributed by atoms with Crippen LogP contribution in [0.15, 0.2) is 54.7 Å². The summed E-state index contributed by atoms with van der Waals surface area (Å²) in [6.07, 6.45) is -8.01. The van der Waals surface area contributed by atoms with E-state index in [9.17, 15) is 26.7 Å². The highest BCUT2D eigenvalue weighted by molar-refractivity contribution is 5.87. The number of carboxylic acid groups (broad SMARTS) is 1. The van der Waals surface area contributed by atoms with Gasteiger partial charge in [0, 0.05) is 11.6 Å². The number of alkyl halides is 5. The molecule has 224 valence electrons. The SMILES string of the molecule is CC(Oc1cnnc(-n2nc(C(F)(F)F)c3c2[C@@H](Oc2ccc(C(=O)O)cc2)CCC3)c1)c1ccc2c(c1)OC(F)(F)O2. The van der Waals surface area contributed by atoms with Crippen molar-refractivity contribution in [2.24, 2.45) is 0 Å². The van der Waals surface area contributed by atoms with Gasteiger partial charge < -0.3 is 24.1 Å². The maximum absolute atomic E-state index is 14.1. The molecule has 6 rings (SSSR count). The minimum Gasteiger partial charge on any atom is -0.484 e. The molecule has 0 saturated heterocycles. The second-order valence-corrected chi connectivity index (χ2v) is 9.83. The van der Waals surface area contributed by atoms with Gasteiger partial charge in [0.05, 0.1) is 17.5 Å². The molecule has 0 saturated carbocycles. The molecule has 43 heavy (non-hydrogen) atoms. The van der Waals surface area contributed by atoms with E-state index in [1.165, 1.54) is 54.7 Å². The van der Waals surface area contributed by atoms with Gasteiger partial charge in [0.15, 0.2) is 23.0 Å². The Morgan fingerprint density at radius 1 is 1.09 bits per heavy atom. The minimum atomic E-state index is -4.76. The lowest BCUT2D eigenvalue weighted by molar-refractivity contribution is -0.286. The Bertz CT molecular complexity index is 1690. The van der Waals surface area contributed by atoms with Gasteiger partial charge in [-0.3, -0.25) is 0 Å². The van der Waals surface area contributed by atoms with Crippen molar-refractivity contribution >= 4 is 5.97 Å². The fourth-order valence-electron chi connectivity index (χ4n) is 5.00. The van der Waals surface area contributed by atoms with Crippen molar-refractivity contribution in [1.82, 2.24) is 20.0 Å². The first-order valence-corrected chi connectivity index (χ1v) is 13.0. The number of fused-ring (bicyclic) bond motifs is 2. The lowest BCUT2D eigenvalue weighted by Crippen LogP contribution is -2.25. The molecule has 2 aromatic carbocycles. The van der Waals surface area contributed by atoms with Crippen LogP contribution in [-0.4, -0.2) is 37.3 Å². The Kier molecular flexibility index (Phi) is 6.81. The first-order chi connectivity index (χ1) is 20.4. The van der Waals surface area contributed by atoms with E-state index in [4.69, 9.17) is 14.6 Å². The molecule has 15 heteroatoms. The average Bonchev–Trinajstić information content (AvgIpc) is 3.50. The van der Waals surface area contributed by atoms with Crippen LogP contribution in [0.5, 0.6) is 23.0 Å². The fraction of sp³-hybridized carbons (Fsp3) is 0.286. The van der Waals surface area contributed by atoms with E-state index in [2.05, 4.69) is 24.8 Å². The number of ether oxygens (including phenoxy) is 4. The van der Waals surface area contributed by atoms with Crippen molar-refractivity contribution in [3.63, 3.8) is 0 Å². The van der Waals surface area contributed by atoms with E-state index in [0.29, 0.717) is 18.4 Å². The number of hydrogen-bond donors (Lipinski definition) is 1. The van der Waals surface area contributed by atoms with Crippen LogP contribution in [0.3, 0.4) is 0 Å². The summed E-state index contributed by atoms with van der Waals surface area (Å²) in [5.41, 5.74) is -0.491. The Labute approximate surface area is 239 Å². The van der Waals surface area contributed by atoms with Gasteiger partial charge >= 0.3 is 18.4 Å². The lowest BCUT2D eigenvalue weighted by atomic mass is 9.93. The van der Waals surface area contributed by atoms with E-state index < -0.39 is 36.3 Å². The van der Waals surface area contributed by atoms with Crippen LogP contribution in [0.2, 0.25) is 0 Å². The third-order valence-electron chi connectivity index (χ3n) is 6.91. The molecule has 4 aromatic rings. The summed E-state index contributed by atoms with van der Waals surface area (Å²) < 4.78 is 90.9. The van der Waals surface area contributed by atoms with Gasteiger partial charge in [-0.25, -0.2) is 9.48 Å². The average molecular weight is 604 g/mol. The molecule has 3 heterocycles. The summed E-state index contributed by atoms with van der Waals surface area (Å²) in [6.45, 7) is 1.63. The van der Waals surface area contributed by atoms with Crippen LogP contribution in [0, 0.1) is 0 Å². The molecule has 0 fully saturated rings. The zero-order chi connectivity index (χ0) is 30.5. The largest absolute Gasteiger partial charge is 0.586 e. The zero-order valence-electron chi connectivity index (χ0n) is 22.1. The normalized spacial score (nSPS) is 17.7. The standard InChI is InChI=1S/C28H21F5N4O6/c1-14(16-7-10-20-22(11-16)43-28(32,33)42-20)40-18-12-23(35-34-13-18)37-24-19(25(36-37)27(29,30)31)3-2-4-21(24)41-17-8-5-15(6-9-17)26(38)39/h5-14,21H,2-4H2,1H3,(H,38,39)/t14?,21-/m0/s1. The maximum atomic E-state index is 14.1. The van der Waals surface area contributed by atoms with E-state index >= 15 is 0 Å². The third-order valence-corrected chi connectivity index (χ3v) is 6.91. The van der Waals surface area contributed by atoms with Gasteiger partial charge in [-0.05, 0) is 68.1 Å². The molecule has 0 amide bonds. The molecule has 1 aliphatic carbocycles. The van der Waals surface area contributed by atoms with Gasteiger partial charge in [0.25, 0.3) is 0 Å². The number of nitrogens with zero attached hydrogens (tertiary/aromatic N) is 4. The van der Waals surface area contributed by atoms with Crippen LogP contribution in [0.25, 0.3) is 5.82 Å². The molecule has 2 aliphatic rings. The van der Waals surface area contributed by atoms with E-state index in [-0.39, 0.29) is 52.1 Å². The highest BCUT2D eigenvalue weighted by Crippen LogP contribution is 2.43. The second kappa shape index (κ2) is 10.4. The monoisotopic (exact) mass is 604 g/mol. The number of aromatic carboxylic acids is 1. The third kappa shape index (κ3) is 5.61. The quantitative estimate of drug-likeness (QED) is 0.243. The van der Waals surface area contributed by atoms with E-state index in [1.54, 1.807) is 6.92 Å². The van der Waals surface area contributed by atoms with Gasteiger partial charge in [-0.15, -0.1) is 13.9 Å². The van der Waals surface area contributed by atoms with Crippen LogP contribution in [-0.2, 0) is 12.6 Å². The number of halogens is 5. The number of rotatable bonds is 7. The first-order valence-electron chi connectivity index (χ1n) is 13.0. The van der Waals surface area contributed by atoms with Gasteiger partial charge in [0.1, 0.15) is 23.7 Å². The molecular formula is C28H21F5N4O6. The van der Waals surface area contributed by atoms with Crippen molar-refractivity contribution in [2.75, 3.05) is 0 Å². The topological polar surface area (TPSA) is 118 Å². The Balaban J connectivity index is 1.31. The number of aromatic nitrogens is 4. The van der Waals surface area contributed by atoms with E-state index in [1.807, 2.05) is 0 Å². The minimum absolute atomic E-state index is 0.0288. The molecule has 1 aliphatic heterocycles. The molecular weight excluding hydrogens is 583 g/mol. The smallest absolute Gasteiger partial charge is 0.484 e. The first kappa shape index (κ1) is 28.2. The van der Waals surface area contributed by atoms with Crippen molar-refractivity contribution in [3.05, 3.63) is 82.8 Å². The predicted octanol–water partition coefficient (Wildman–Crippen LogP) is 6.30. The van der Waals surface area contributed by atoms with Crippen molar-refractivity contribution in [3.8, 4) is 28.8 Å². The molecule has 1 N–H and O–H groups in total. The van der Waals surface area contributed by atoms with Crippen LogP contribution >= 0.6 is 0 Å². The molecule has 2 atom stereocenters. The molecule has 1 unspecified atom stereocenters. The highest BCUT2D eigenvalue weighted by atomic mass is 19.4. The summed E-state index contributed by atoms with van der Waals surface area (Å²) in [5.74, 6) is -1.11. The Morgan fingerprint density at radius 2 is 1.84 bits per heavy atom. The Morgan fingerprint density at radius 3 is 2.56 bits per heavy atom. The van der Waals surface area contributed by atoms with Gasteiger partial charge in [-0.2, -0.15) is 23.4 Å². The van der Waals surface area contributed by atoms with Crippen LogP contribution < -0.4 is 18.9 Å². The molecule has 2 aromatic heterocycles. The van der Waals surface area contributed by atoms with Crippen molar-refractivity contribution in [2.45, 2.75) is 50.9 Å². The van der Waals surface area contributed by atoms with Gasteiger partial charge in [-0.1, -0.05) is 6.07 Å². The molecule has 0 spiro atoms. The number of carboxylic acids is 1. The number of carbonyl (C=O) groups is 1. The Hall–Kier alpha value is -4.95. The van der Waals surface area contributed by atoms with Crippen LogP contribution in [0.4, 0.5) is 22.0 Å². The predicted molar refractivity (Wildman–Crippen MR) is 136 cm³/mol. The summed E-state index contributed by atoms with van der Waals surface area (Å²) in [5, 5.41) is 20.9. The summed E-state index contributed by atoms with van der Waals surface area (Å²) in [4.78, 5) is 11.2. The second-order valence-electron chi connectivity index (χ2n) is 9.83. The summed E-state index contributed by atoms with van der Waals surface area (Å²) in [6, 6.07) is 11.0. The highest BCUT2D eigenvalue weighted by Gasteiger charge is 2.44. The van der Waals surface area contributed by atoms with Crippen molar-refractivity contribution in [1.29, 1.82) is 0 Å². The van der Waals surface area contributed by atoms with Crippen molar-refractivity contribution < 1.29 is 50.8 Å². The molecule has 0 radical (unpaired) electrons. The summed E-state index contributed by atoms with van der Waals surface area (Å²) >= 11 is 0. The lowest BCUT2D eigenvalue weighted by Gasteiger charge is -2.25. The zero-order valence-corrected chi connectivity index (χ0v) is 22.1. The van der Waals surface area contributed by atoms with E-state index in [0.717, 1.165) is 4.68 Å². The molecule has 0 bridgehead atoms. The van der Waals surface area contributed by atoms with Crippen LogP contribution in [0.1, 0.15) is 64.8 Å². The fourth-order valence-corrected chi connectivity index (χ4v) is 5.00. The summed E-state index contributed by atoms with van der Waals surface area (Å²) in [7, 11) is 0.